The zero-order valence-electron chi connectivity index (χ0n) is 33.2. The largest absolute Gasteiger partial charge is 0.355 e. The first-order chi connectivity index (χ1) is 30.2. The fraction of sp³-hybridized carbons (Fsp3) is 0. The molecular formula is C44H30N4O12S4Zn. The molecule has 5 heterocycles. The summed E-state index contributed by atoms with van der Waals surface area (Å²) in [7, 11) is -18.7. The van der Waals surface area contributed by atoms with Gasteiger partial charge in [-0.1, -0.05) is 36.4 Å². The molecule has 0 spiro atoms. The molecule has 0 saturated heterocycles. The number of rotatable bonds is 8. The maximum atomic E-state index is 12.3. The second-order valence-electron chi connectivity index (χ2n) is 14.5. The molecule has 3 aromatic heterocycles. The van der Waals surface area contributed by atoms with E-state index in [9.17, 15) is 51.9 Å². The molecule has 0 atom stereocenters. The molecule has 5 N–H and O–H groups in total. The van der Waals surface area contributed by atoms with Crippen LogP contribution in [0.2, 0.25) is 0 Å². The summed E-state index contributed by atoms with van der Waals surface area (Å²) in [5.41, 5.74) is 6.08. The van der Waals surface area contributed by atoms with Gasteiger partial charge in [0.1, 0.15) is 0 Å². The Morgan fingerprint density at radius 1 is 0.415 bits per heavy atom. The summed E-state index contributed by atoms with van der Waals surface area (Å²) < 4.78 is 140. The van der Waals surface area contributed by atoms with Crippen LogP contribution in [0.4, 0.5) is 0 Å². The molecule has 0 aliphatic carbocycles. The summed E-state index contributed by atoms with van der Waals surface area (Å²) in [6, 6.07) is 30.0. The zero-order valence-corrected chi connectivity index (χ0v) is 39.4. The van der Waals surface area contributed by atoms with Crippen molar-refractivity contribution in [2.45, 2.75) is 19.6 Å². The van der Waals surface area contributed by atoms with E-state index in [1.54, 1.807) is 41.0 Å². The van der Waals surface area contributed by atoms with Crippen molar-refractivity contribution in [1.82, 2.24) is 19.5 Å². The zero-order chi connectivity index (χ0) is 45.3. The molecule has 2 aliphatic heterocycles. The Morgan fingerprint density at radius 2 is 0.785 bits per heavy atom. The summed E-state index contributed by atoms with van der Waals surface area (Å²) in [6.45, 7) is 0. The molecule has 2 aliphatic rings. The number of H-pyrrole nitrogens is 1. The third kappa shape index (κ3) is 9.06. The van der Waals surface area contributed by atoms with E-state index in [0.29, 0.717) is 67.2 Å². The van der Waals surface area contributed by atoms with Crippen LogP contribution in [0, 0.1) is 0 Å². The molecule has 7 aromatic rings. The van der Waals surface area contributed by atoms with Crippen molar-refractivity contribution in [3.05, 3.63) is 150 Å². The van der Waals surface area contributed by atoms with E-state index in [2.05, 4.69) is 4.98 Å². The molecule has 0 amide bonds. The fourth-order valence-electron chi connectivity index (χ4n) is 7.57. The van der Waals surface area contributed by atoms with Crippen LogP contribution in [0.25, 0.3) is 85.4 Å². The van der Waals surface area contributed by atoms with Crippen LogP contribution in [0.3, 0.4) is 0 Å². The maximum Gasteiger partial charge on any atom is 0.294 e. The van der Waals surface area contributed by atoms with Crippen molar-refractivity contribution in [1.29, 1.82) is 0 Å². The SMILES string of the molecule is O=S(=O)(O)c1ccc(-c2c(-c3ccc(S(=O)(=O)O)cc3)c3c(-c4ccc(S(=O)(=O)O)cc4)c4nc(cc5ccc(cc6nc(cc2n3-c2ccc(S(=O)(=O)O)cc2)C=C6)[nH]5)C=C4)cc1.[Zn]. The minimum absolute atomic E-state index is 0. The van der Waals surface area contributed by atoms with Gasteiger partial charge in [-0.3, -0.25) is 18.2 Å². The number of aromatic nitrogens is 4. The van der Waals surface area contributed by atoms with Gasteiger partial charge < -0.3 is 9.55 Å². The Morgan fingerprint density at radius 3 is 1.23 bits per heavy atom. The average molecular weight is 1000 g/mol. The molecule has 9 rings (SSSR count). The van der Waals surface area contributed by atoms with E-state index in [1.165, 1.54) is 97.1 Å². The van der Waals surface area contributed by atoms with Crippen molar-refractivity contribution < 1.29 is 71.4 Å². The molecular weight excluding hydrogens is 970 g/mol. The Hall–Kier alpha value is -6.26. The smallest absolute Gasteiger partial charge is 0.294 e. The number of nitrogens with one attached hydrogen (secondary N) is 1. The summed E-state index contributed by atoms with van der Waals surface area (Å²) in [6.07, 6.45) is 6.97. The van der Waals surface area contributed by atoms with Crippen molar-refractivity contribution in [2.24, 2.45) is 0 Å². The van der Waals surface area contributed by atoms with E-state index in [0.717, 1.165) is 5.52 Å². The Balaban J connectivity index is 0.00000576. The van der Waals surface area contributed by atoms with E-state index in [4.69, 9.17) is 9.97 Å². The molecule has 8 bridgehead atoms. The predicted molar refractivity (Wildman–Crippen MR) is 239 cm³/mol. The van der Waals surface area contributed by atoms with Gasteiger partial charge in [0, 0.05) is 52.9 Å². The minimum Gasteiger partial charge on any atom is -0.355 e. The monoisotopic (exact) mass is 998 g/mol. The van der Waals surface area contributed by atoms with Crippen LogP contribution in [-0.4, -0.2) is 71.4 Å². The van der Waals surface area contributed by atoms with Gasteiger partial charge in [-0.2, -0.15) is 33.7 Å². The molecule has 0 fully saturated rings. The Bertz CT molecular complexity index is 3800. The first-order valence-corrected chi connectivity index (χ1v) is 24.5. The van der Waals surface area contributed by atoms with Gasteiger partial charge in [0.25, 0.3) is 40.5 Å². The van der Waals surface area contributed by atoms with Gasteiger partial charge in [-0.15, -0.1) is 0 Å². The normalized spacial score (nSPS) is 12.9. The van der Waals surface area contributed by atoms with Crippen LogP contribution in [0.5, 0.6) is 0 Å². The van der Waals surface area contributed by atoms with Crippen molar-refractivity contribution in [2.75, 3.05) is 0 Å². The Labute approximate surface area is 384 Å². The number of hydrogen-bond donors (Lipinski definition) is 5. The molecule has 0 unspecified atom stereocenters. The topological polar surface area (TPSA) is 264 Å². The predicted octanol–water partition coefficient (Wildman–Crippen LogP) is 8.10. The number of fused-ring (bicyclic) bond motifs is 8. The van der Waals surface area contributed by atoms with Gasteiger partial charge in [0.15, 0.2) is 0 Å². The summed E-state index contributed by atoms with van der Waals surface area (Å²) >= 11 is 0. The molecule has 0 radical (unpaired) electrons. The van der Waals surface area contributed by atoms with E-state index in [-0.39, 0.29) is 30.7 Å². The van der Waals surface area contributed by atoms with Gasteiger partial charge >= 0.3 is 0 Å². The Kier molecular flexibility index (Phi) is 11.6. The quantitative estimate of drug-likeness (QED) is 0.0712. The third-order valence-electron chi connectivity index (χ3n) is 10.4. The fourth-order valence-corrected chi connectivity index (χ4v) is 9.49. The number of nitrogens with zero attached hydrogens (tertiary/aromatic N) is 3. The average Bonchev–Trinajstić information content (AvgIpc) is 4.05. The first kappa shape index (κ1) is 45.3. The first-order valence-electron chi connectivity index (χ1n) is 18.7. The second-order valence-corrected chi connectivity index (χ2v) is 20.2. The molecule has 4 aromatic carbocycles. The molecule has 21 heteroatoms. The summed E-state index contributed by atoms with van der Waals surface area (Å²) in [4.78, 5) is 11.5. The third-order valence-corrected chi connectivity index (χ3v) is 13.9. The molecule has 0 saturated carbocycles. The minimum atomic E-state index is -4.69. The maximum absolute atomic E-state index is 12.3. The van der Waals surface area contributed by atoms with Crippen LogP contribution >= 0.6 is 0 Å². The van der Waals surface area contributed by atoms with Gasteiger partial charge in [0.2, 0.25) is 0 Å². The number of aromatic amines is 1. The van der Waals surface area contributed by atoms with E-state index in [1.807, 2.05) is 18.2 Å². The summed E-state index contributed by atoms with van der Waals surface area (Å²) in [5.74, 6) is 0. The van der Waals surface area contributed by atoms with Crippen LogP contribution in [0.15, 0.2) is 147 Å². The second kappa shape index (κ2) is 16.6. The van der Waals surface area contributed by atoms with Crippen LogP contribution in [0.1, 0.15) is 22.8 Å². The van der Waals surface area contributed by atoms with Crippen molar-refractivity contribution in [3.63, 3.8) is 0 Å². The summed E-state index contributed by atoms with van der Waals surface area (Å²) in [5, 5.41) is 0. The van der Waals surface area contributed by atoms with Gasteiger partial charge in [-0.25, -0.2) is 9.97 Å². The van der Waals surface area contributed by atoms with Crippen molar-refractivity contribution >= 4 is 86.8 Å². The molecule has 16 nitrogen and oxygen atoms in total. The molecule has 324 valence electrons. The number of benzene rings is 4. The van der Waals surface area contributed by atoms with Gasteiger partial charge in [-0.05, 0) is 132 Å². The van der Waals surface area contributed by atoms with Crippen LogP contribution < -0.4 is 0 Å². The number of hydrogen-bond acceptors (Lipinski definition) is 10. The van der Waals surface area contributed by atoms with E-state index >= 15 is 0 Å². The van der Waals surface area contributed by atoms with Crippen LogP contribution in [-0.2, 0) is 60.0 Å². The standard InChI is InChI=1S/C44H30N4O12S4.Zn/c49-61(50,51)35-14-1-26(2-15-35)41-39-22-11-32(47-39)24-31-8-7-29(45-31)23-30-9-10-33(46-30)25-40-42(27-3-16-36(17-4-27)62(52,53)54)43(28-5-18-37(19-6-28)63(55,56)57)44(41)48(40)34-12-20-38(21-13-34)64(58,59)60;/h1-25,45H,(H,49,50,51)(H,52,53,54)(H,55,56,57)(H,58,59,60);. The van der Waals surface area contributed by atoms with E-state index < -0.39 is 60.1 Å². The van der Waals surface area contributed by atoms with Crippen molar-refractivity contribution in [3.8, 4) is 39.1 Å². The molecule has 65 heavy (non-hydrogen) atoms. The van der Waals surface area contributed by atoms with Gasteiger partial charge in [0.05, 0.1) is 53.4 Å².